The zero-order valence-corrected chi connectivity index (χ0v) is 9.10. The lowest BCUT2D eigenvalue weighted by molar-refractivity contribution is 0.101. The number of hydrogen-bond acceptors (Lipinski definition) is 5. The Morgan fingerprint density at radius 3 is 2.53 bits per heavy atom. The van der Waals surface area contributed by atoms with Crippen molar-refractivity contribution in [2.75, 3.05) is 0 Å². The first-order valence-corrected chi connectivity index (χ1v) is 4.91. The third-order valence-corrected chi connectivity index (χ3v) is 2.56. The smallest absolute Gasteiger partial charge is 0.229 e. The van der Waals surface area contributed by atoms with Gasteiger partial charge in [0.1, 0.15) is 0 Å². The van der Waals surface area contributed by atoms with E-state index in [0.717, 1.165) is 6.07 Å². The molecule has 0 spiro atoms. The standard InChI is InChI=1S/C11H7ClO5/c12-8-5(4-6(13)10(15)11(8)16)9(14)7-2-1-3-17-7/h1-4,13,15-16H. The number of phenols is 3. The summed E-state index contributed by atoms with van der Waals surface area (Å²) in [5.41, 5.74) is -0.158. The summed E-state index contributed by atoms with van der Waals surface area (Å²) in [5.74, 6) is -2.75. The monoisotopic (exact) mass is 254 g/mol. The first-order valence-electron chi connectivity index (χ1n) is 4.54. The number of ketones is 1. The molecule has 0 radical (unpaired) electrons. The van der Waals surface area contributed by atoms with Crippen molar-refractivity contribution in [2.45, 2.75) is 0 Å². The van der Waals surface area contributed by atoms with Crippen molar-refractivity contribution in [3.05, 3.63) is 40.8 Å². The van der Waals surface area contributed by atoms with Crippen molar-refractivity contribution < 1.29 is 24.5 Å². The highest BCUT2D eigenvalue weighted by Crippen LogP contribution is 2.42. The van der Waals surface area contributed by atoms with Crippen LogP contribution < -0.4 is 0 Å². The van der Waals surface area contributed by atoms with Gasteiger partial charge >= 0.3 is 0 Å². The minimum atomic E-state index is -0.772. The number of carbonyl (C=O) groups is 1. The molecule has 1 heterocycles. The van der Waals surface area contributed by atoms with Crippen LogP contribution in [0.2, 0.25) is 5.02 Å². The van der Waals surface area contributed by atoms with E-state index in [1.165, 1.54) is 18.4 Å². The van der Waals surface area contributed by atoms with Crippen LogP contribution in [0.5, 0.6) is 17.2 Å². The molecular formula is C11H7ClO5. The molecule has 6 heteroatoms. The van der Waals surface area contributed by atoms with Crippen molar-refractivity contribution in [2.24, 2.45) is 0 Å². The minimum Gasteiger partial charge on any atom is -0.504 e. The van der Waals surface area contributed by atoms with E-state index >= 15 is 0 Å². The Kier molecular flexibility index (Phi) is 2.69. The Balaban J connectivity index is 2.57. The van der Waals surface area contributed by atoms with E-state index in [0.29, 0.717) is 0 Å². The van der Waals surface area contributed by atoms with Crippen molar-refractivity contribution in [1.82, 2.24) is 0 Å². The van der Waals surface area contributed by atoms with E-state index in [-0.39, 0.29) is 16.3 Å². The molecule has 0 aliphatic carbocycles. The molecule has 5 nitrogen and oxygen atoms in total. The molecule has 0 aliphatic rings. The molecule has 0 aliphatic heterocycles. The molecule has 0 atom stereocenters. The summed E-state index contributed by atoms with van der Waals surface area (Å²) in [6.07, 6.45) is 1.31. The van der Waals surface area contributed by atoms with Crippen molar-refractivity contribution in [3.8, 4) is 17.2 Å². The van der Waals surface area contributed by atoms with E-state index in [2.05, 4.69) is 0 Å². The number of furan rings is 1. The summed E-state index contributed by atoms with van der Waals surface area (Å²) in [5, 5.41) is 27.5. The quantitative estimate of drug-likeness (QED) is 0.565. The van der Waals surface area contributed by atoms with Gasteiger partial charge in [-0.2, -0.15) is 0 Å². The van der Waals surface area contributed by atoms with Gasteiger partial charge < -0.3 is 19.7 Å². The summed E-state index contributed by atoms with van der Waals surface area (Å²) in [4.78, 5) is 11.9. The van der Waals surface area contributed by atoms with Crippen LogP contribution in [0.3, 0.4) is 0 Å². The molecule has 1 aromatic heterocycles. The predicted molar refractivity (Wildman–Crippen MR) is 58.6 cm³/mol. The summed E-state index contributed by atoms with van der Waals surface area (Å²) in [7, 11) is 0. The molecule has 17 heavy (non-hydrogen) atoms. The Labute approximate surface area is 100 Å². The molecule has 0 unspecified atom stereocenters. The second-order valence-corrected chi connectivity index (χ2v) is 3.64. The van der Waals surface area contributed by atoms with Gasteiger partial charge in [0, 0.05) is 0 Å². The molecule has 0 amide bonds. The Bertz CT molecular complexity index is 574. The number of rotatable bonds is 2. The van der Waals surface area contributed by atoms with Crippen LogP contribution >= 0.6 is 11.6 Å². The maximum atomic E-state index is 11.9. The lowest BCUT2D eigenvalue weighted by Crippen LogP contribution is -2.00. The van der Waals surface area contributed by atoms with Crippen molar-refractivity contribution >= 4 is 17.4 Å². The van der Waals surface area contributed by atoms with Gasteiger partial charge in [-0.05, 0) is 18.2 Å². The lowest BCUT2D eigenvalue weighted by atomic mass is 10.1. The number of aromatic hydroxyl groups is 3. The first kappa shape index (κ1) is 11.3. The summed E-state index contributed by atoms with van der Waals surface area (Å²) in [6.45, 7) is 0. The molecule has 1 aromatic carbocycles. The second kappa shape index (κ2) is 4.03. The SMILES string of the molecule is O=C(c1ccco1)c1cc(O)c(O)c(O)c1Cl. The molecule has 0 saturated heterocycles. The summed E-state index contributed by atoms with van der Waals surface area (Å²) < 4.78 is 4.88. The van der Waals surface area contributed by atoms with Crippen molar-refractivity contribution in [1.29, 1.82) is 0 Å². The van der Waals surface area contributed by atoms with Crippen LogP contribution in [0.1, 0.15) is 16.1 Å². The number of benzene rings is 1. The average Bonchev–Trinajstić information content (AvgIpc) is 2.84. The highest BCUT2D eigenvalue weighted by atomic mass is 35.5. The maximum Gasteiger partial charge on any atom is 0.229 e. The van der Waals surface area contributed by atoms with Crippen LogP contribution in [0.25, 0.3) is 0 Å². The van der Waals surface area contributed by atoms with E-state index in [1.54, 1.807) is 0 Å². The van der Waals surface area contributed by atoms with E-state index < -0.39 is 23.0 Å². The zero-order valence-electron chi connectivity index (χ0n) is 8.35. The first-order chi connectivity index (χ1) is 8.02. The van der Waals surface area contributed by atoms with Gasteiger partial charge in [0.2, 0.25) is 11.5 Å². The largest absolute Gasteiger partial charge is 0.504 e. The van der Waals surface area contributed by atoms with Gasteiger partial charge in [-0.1, -0.05) is 11.6 Å². The van der Waals surface area contributed by atoms with Crippen molar-refractivity contribution in [3.63, 3.8) is 0 Å². The molecule has 0 saturated carbocycles. The number of phenolic OH excluding ortho intramolecular Hbond substituents is 3. The summed E-state index contributed by atoms with van der Waals surface area (Å²) in [6, 6.07) is 3.89. The third-order valence-electron chi connectivity index (χ3n) is 2.18. The molecular weight excluding hydrogens is 248 g/mol. The van der Waals surface area contributed by atoms with E-state index in [9.17, 15) is 20.1 Å². The fraction of sp³-hybridized carbons (Fsp3) is 0. The lowest BCUT2D eigenvalue weighted by Gasteiger charge is -2.07. The molecule has 2 rings (SSSR count). The fourth-order valence-corrected chi connectivity index (χ4v) is 1.56. The number of halogens is 1. The number of carbonyl (C=O) groups excluding carboxylic acids is 1. The molecule has 2 aromatic rings. The Morgan fingerprint density at radius 1 is 1.24 bits per heavy atom. The van der Waals surface area contributed by atoms with Crippen LogP contribution in [0.4, 0.5) is 0 Å². The van der Waals surface area contributed by atoms with Gasteiger partial charge in [-0.15, -0.1) is 0 Å². The average molecular weight is 255 g/mol. The van der Waals surface area contributed by atoms with Crippen LogP contribution in [-0.2, 0) is 0 Å². The summed E-state index contributed by atoms with van der Waals surface area (Å²) >= 11 is 5.70. The van der Waals surface area contributed by atoms with Crippen LogP contribution in [0, 0.1) is 0 Å². The van der Waals surface area contributed by atoms with Gasteiger partial charge in [-0.3, -0.25) is 4.79 Å². The normalized spacial score (nSPS) is 10.4. The van der Waals surface area contributed by atoms with Gasteiger partial charge in [0.15, 0.2) is 17.3 Å². The Morgan fingerprint density at radius 2 is 1.94 bits per heavy atom. The molecule has 88 valence electrons. The fourth-order valence-electron chi connectivity index (χ4n) is 1.33. The minimum absolute atomic E-state index is 0.0105. The van der Waals surface area contributed by atoms with Gasteiger partial charge in [0.25, 0.3) is 0 Å². The van der Waals surface area contributed by atoms with Crippen LogP contribution in [0.15, 0.2) is 28.9 Å². The molecule has 0 bridgehead atoms. The highest BCUT2D eigenvalue weighted by molar-refractivity contribution is 6.36. The van der Waals surface area contributed by atoms with E-state index in [4.69, 9.17) is 16.0 Å². The molecule has 3 N–H and O–H groups in total. The predicted octanol–water partition coefficient (Wildman–Crippen LogP) is 2.28. The number of hydrogen-bond donors (Lipinski definition) is 3. The highest BCUT2D eigenvalue weighted by Gasteiger charge is 2.22. The zero-order chi connectivity index (χ0) is 12.6. The third kappa shape index (κ3) is 1.81. The second-order valence-electron chi connectivity index (χ2n) is 3.26. The molecule has 0 fully saturated rings. The van der Waals surface area contributed by atoms with Gasteiger partial charge in [-0.25, -0.2) is 0 Å². The topological polar surface area (TPSA) is 90.9 Å². The maximum absolute atomic E-state index is 11.9. The van der Waals surface area contributed by atoms with E-state index in [1.807, 2.05) is 0 Å². The van der Waals surface area contributed by atoms with Gasteiger partial charge in [0.05, 0.1) is 16.8 Å². The Hall–Kier alpha value is -2.14. The van der Waals surface area contributed by atoms with Crippen LogP contribution in [-0.4, -0.2) is 21.1 Å².